The van der Waals surface area contributed by atoms with Crippen molar-refractivity contribution < 1.29 is 13.9 Å². The van der Waals surface area contributed by atoms with Gasteiger partial charge in [0, 0.05) is 25.2 Å². The van der Waals surface area contributed by atoms with Gasteiger partial charge in [0.25, 0.3) is 5.91 Å². The maximum atomic E-state index is 13.2. The summed E-state index contributed by atoms with van der Waals surface area (Å²) in [5.74, 6) is -0.161. The highest BCUT2D eigenvalue weighted by Gasteiger charge is 2.29. The van der Waals surface area contributed by atoms with Crippen molar-refractivity contribution in [3.8, 4) is 0 Å². The lowest BCUT2D eigenvalue weighted by Gasteiger charge is -2.24. The molecule has 1 N–H and O–H groups in total. The average molecular weight is 340 g/mol. The van der Waals surface area contributed by atoms with Crippen LogP contribution in [0.5, 0.6) is 0 Å². The van der Waals surface area contributed by atoms with Crippen molar-refractivity contribution >= 4 is 11.7 Å². The van der Waals surface area contributed by atoms with Gasteiger partial charge in [0.05, 0.1) is 12.1 Å². The lowest BCUT2D eigenvalue weighted by Crippen LogP contribution is -2.36. The van der Waals surface area contributed by atoms with Crippen molar-refractivity contribution in [2.75, 3.05) is 6.61 Å². The Labute approximate surface area is 143 Å². The third-order valence-electron chi connectivity index (χ3n) is 4.32. The van der Waals surface area contributed by atoms with Crippen molar-refractivity contribution in [1.82, 2.24) is 19.7 Å². The third-order valence-corrected chi connectivity index (χ3v) is 4.32. The number of rotatable bonds is 4. The summed E-state index contributed by atoms with van der Waals surface area (Å²) in [6.45, 7) is 0.663. The lowest BCUT2D eigenvalue weighted by molar-refractivity contribution is 0.0670. The molecule has 3 heterocycles. The van der Waals surface area contributed by atoms with E-state index in [-0.39, 0.29) is 29.6 Å². The van der Waals surface area contributed by atoms with Crippen molar-refractivity contribution in [2.45, 2.75) is 25.0 Å². The van der Waals surface area contributed by atoms with Gasteiger partial charge in [-0.1, -0.05) is 12.1 Å². The summed E-state index contributed by atoms with van der Waals surface area (Å²) in [6, 6.07) is 7.54. The maximum Gasteiger partial charge on any atom is 0.272 e. The zero-order valence-electron chi connectivity index (χ0n) is 13.4. The Kier molecular flexibility index (Phi) is 4.15. The zero-order valence-corrected chi connectivity index (χ0v) is 13.4. The van der Waals surface area contributed by atoms with Crippen LogP contribution < -0.4 is 5.32 Å². The van der Waals surface area contributed by atoms with E-state index in [9.17, 15) is 9.18 Å². The van der Waals surface area contributed by atoms with Crippen molar-refractivity contribution in [3.63, 3.8) is 0 Å². The number of nitrogens with one attached hydrogen (secondary N) is 1. The molecule has 3 aromatic rings. The largest absolute Gasteiger partial charge is 0.376 e. The van der Waals surface area contributed by atoms with E-state index in [4.69, 9.17) is 4.74 Å². The van der Waals surface area contributed by atoms with Crippen LogP contribution in [0.1, 0.15) is 34.9 Å². The van der Waals surface area contributed by atoms with Gasteiger partial charge in [0.1, 0.15) is 11.5 Å². The first-order valence-electron chi connectivity index (χ1n) is 8.18. The minimum Gasteiger partial charge on any atom is -0.376 e. The molecule has 1 amide bonds. The van der Waals surface area contributed by atoms with Gasteiger partial charge >= 0.3 is 0 Å². The van der Waals surface area contributed by atoms with Gasteiger partial charge in [-0.15, -0.1) is 0 Å². The summed E-state index contributed by atoms with van der Waals surface area (Å²) in [6.07, 6.45) is 6.69. The second-order valence-electron chi connectivity index (χ2n) is 6.01. The van der Waals surface area contributed by atoms with Crippen molar-refractivity contribution in [3.05, 3.63) is 66.0 Å². The first-order chi connectivity index (χ1) is 12.2. The molecule has 1 aliphatic rings. The fourth-order valence-corrected chi connectivity index (χ4v) is 3.08. The first-order valence-corrected chi connectivity index (χ1v) is 8.18. The molecule has 25 heavy (non-hydrogen) atoms. The fraction of sp³-hybridized carbons (Fsp3) is 0.278. The number of nitrogens with zero attached hydrogens (tertiary/aromatic N) is 3. The highest BCUT2D eigenvalue weighted by atomic mass is 19.1. The second kappa shape index (κ2) is 6.60. The number of hydrogen-bond acceptors (Lipinski definition) is 4. The number of fused-ring (bicyclic) bond motifs is 1. The van der Waals surface area contributed by atoms with E-state index in [1.807, 2.05) is 0 Å². The van der Waals surface area contributed by atoms with E-state index in [0.29, 0.717) is 12.4 Å². The van der Waals surface area contributed by atoms with Gasteiger partial charge in [-0.3, -0.25) is 9.20 Å². The summed E-state index contributed by atoms with van der Waals surface area (Å²) in [5.41, 5.74) is 1.09. The molecule has 1 aromatic carbocycles. The van der Waals surface area contributed by atoms with Crippen molar-refractivity contribution in [2.24, 2.45) is 0 Å². The third kappa shape index (κ3) is 3.23. The molecule has 0 saturated carbocycles. The van der Waals surface area contributed by atoms with Crippen LogP contribution in [-0.2, 0) is 4.74 Å². The van der Waals surface area contributed by atoms with Crippen LogP contribution in [0.2, 0.25) is 0 Å². The van der Waals surface area contributed by atoms with E-state index < -0.39 is 0 Å². The van der Waals surface area contributed by atoms with Gasteiger partial charge < -0.3 is 10.1 Å². The second-order valence-corrected chi connectivity index (χ2v) is 6.01. The maximum absolute atomic E-state index is 13.2. The number of imidazole rings is 1. The monoisotopic (exact) mass is 340 g/mol. The minimum atomic E-state index is -0.353. The summed E-state index contributed by atoms with van der Waals surface area (Å²) in [7, 11) is 0. The fourth-order valence-electron chi connectivity index (χ4n) is 3.08. The van der Waals surface area contributed by atoms with E-state index in [1.54, 1.807) is 41.2 Å². The van der Waals surface area contributed by atoms with Crippen LogP contribution in [-0.4, -0.2) is 33.0 Å². The summed E-state index contributed by atoms with van der Waals surface area (Å²) in [5, 5.41) is 2.98. The van der Waals surface area contributed by atoms with Crippen molar-refractivity contribution in [1.29, 1.82) is 0 Å². The number of amides is 1. The number of benzene rings is 1. The Bertz CT molecular complexity index is 854. The van der Waals surface area contributed by atoms with Crippen LogP contribution in [0.3, 0.4) is 0 Å². The Morgan fingerprint density at radius 2 is 2.20 bits per heavy atom. The summed E-state index contributed by atoms with van der Waals surface area (Å²) in [4.78, 5) is 21.0. The molecule has 7 heteroatoms. The Balaban J connectivity index is 1.60. The molecule has 1 fully saturated rings. The number of hydrogen-bond donors (Lipinski definition) is 1. The standard InChI is InChI=1S/C18H17FN4O2/c19-13-6-4-12(5-7-13)16(15-3-1-10-25-15)22-17(24)14-11-23-9-2-8-20-18(23)21-14/h2,4-9,11,15-16H,1,3,10H2,(H,22,24)/t15-,16+/m1/s1. The molecule has 1 aliphatic heterocycles. The normalized spacial score (nSPS) is 18.4. The van der Waals surface area contributed by atoms with Gasteiger partial charge in [-0.05, 0) is 36.6 Å². The smallest absolute Gasteiger partial charge is 0.272 e. The van der Waals surface area contributed by atoms with Crippen LogP contribution in [0.4, 0.5) is 4.39 Å². The first kappa shape index (κ1) is 15.7. The molecular weight excluding hydrogens is 323 g/mol. The molecule has 128 valence electrons. The van der Waals surface area contributed by atoms with Gasteiger partial charge in [0.2, 0.25) is 5.78 Å². The van der Waals surface area contributed by atoms with Crippen LogP contribution in [0, 0.1) is 5.82 Å². The molecule has 0 aliphatic carbocycles. The molecule has 4 rings (SSSR count). The summed E-state index contributed by atoms with van der Waals surface area (Å²) >= 11 is 0. The van der Waals surface area contributed by atoms with Gasteiger partial charge in [-0.25, -0.2) is 14.4 Å². The number of ether oxygens (including phenoxy) is 1. The predicted molar refractivity (Wildman–Crippen MR) is 88.6 cm³/mol. The SMILES string of the molecule is O=C(N[C@@H](c1ccc(F)cc1)[C@H]1CCCO1)c1cn2cccnc2n1. The average Bonchev–Trinajstić information content (AvgIpc) is 3.30. The predicted octanol–water partition coefficient (Wildman–Crippen LogP) is 2.52. The number of carbonyl (C=O) groups excluding carboxylic acids is 1. The molecule has 6 nitrogen and oxygen atoms in total. The summed E-state index contributed by atoms with van der Waals surface area (Å²) < 4.78 is 20.7. The molecule has 2 atom stereocenters. The number of halogens is 1. The Morgan fingerprint density at radius 3 is 2.92 bits per heavy atom. The van der Waals surface area contributed by atoms with E-state index >= 15 is 0 Å². The molecule has 0 bridgehead atoms. The molecule has 0 unspecified atom stereocenters. The van der Waals surface area contributed by atoms with Gasteiger partial charge in [0.15, 0.2) is 0 Å². The van der Waals surface area contributed by atoms with Crippen LogP contribution >= 0.6 is 0 Å². The Morgan fingerprint density at radius 1 is 1.36 bits per heavy atom. The van der Waals surface area contributed by atoms with Crippen LogP contribution in [0.15, 0.2) is 48.9 Å². The molecule has 0 radical (unpaired) electrons. The van der Waals surface area contributed by atoms with Crippen LogP contribution in [0.25, 0.3) is 5.78 Å². The molecule has 1 saturated heterocycles. The lowest BCUT2D eigenvalue weighted by atomic mass is 9.99. The quantitative estimate of drug-likeness (QED) is 0.792. The van der Waals surface area contributed by atoms with Gasteiger partial charge in [-0.2, -0.15) is 0 Å². The Hall–Kier alpha value is -2.80. The minimum absolute atomic E-state index is 0.135. The number of carbonyl (C=O) groups is 1. The zero-order chi connectivity index (χ0) is 17.2. The number of aromatic nitrogens is 3. The molecule has 0 spiro atoms. The highest BCUT2D eigenvalue weighted by Crippen LogP contribution is 2.27. The topological polar surface area (TPSA) is 68.5 Å². The highest BCUT2D eigenvalue weighted by molar-refractivity contribution is 5.93. The molecular formula is C18H17FN4O2. The van der Waals surface area contributed by atoms with E-state index in [2.05, 4.69) is 15.3 Å². The van der Waals surface area contributed by atoms with E-state index in [0.717, 1.165) is 18.4 Å². The van der Waals surface area contributed by atoms with E-state index in [1.165, 1.54) is 12.1 Å². The molecule has 2 aromatic heterocycles.